The first-order chi connectivity index (χ1) is 15.6. The highest BCUT2D eigenvalue weighted by atomic mass is 32.2. The molecule has 0 saturated carbocycles. The molecule has 9 heteroatoms. The van der Waals surface area contributed by atoms with E-state index < -0.39 is 0 Å². The number of hydrogen-bond donors (Lipinski definition) is 1. The molecule has 0 fully saturated rings. The molecule has 160 valence electrons. The summed E-state index contributed by atoms with van der Waals surface area (Å²) in [5.41, 5.74) is 4.44. The Labute approximate surface area is 192 Å². The molecule has 2 aromatic carbocycles. The average molecular weight is 461 g/mol. The Bertz CT molecular complexity index is 1410. The van der Waals surface area contributed by atoms with Gasteiger partial charge in [-0.05, 0) is 12.5 Å². The maximum absolute atomic E-state index is 12.9. The lowest BCUT2D eigenvalue weighted by molar-refractivity contribution is -0.115. The summed E-state index contributed by atoms with van der Waals surface area (Å²) in [5.74, 6) is -0.118. The minimum Gasteiger partial charge on any atom is -0.327 e. The van der Waals surface area contributed by atoms with Crippen LogP contribution in [0.15, 0.2) is 65.1 Å². The maximum Gasteiger partial charge on any atom is 0.239 e. The summed E-state index contributed by atoms with van der Waals surface area (Å²) < 4.78 is 2.01. The van der Waals surface area contributed by atoms with Crippen LogP contribution in [0.3, 0.4) is 0 Å². The highest BCUT2D eigenvalue weighted by Gasteiger charge is 2.22. The largest absolute Gasteiger partial charge is 0.327 e. The number of para-hydroxylation sites is 1. The number of fused-ring (bicyclic) bond motifs is 3. The van der Waals surface area contributed by atoms with Gasteiger partial charge in [-0.25, -0.2) is 9.97 Å². The number of carbonyl (C=O) groups is 1. The first-order valence-corrected chi connectivity index (χ1v) is 12.0. The Morgan fingerprint density at radius 3 is 2.69 bits per heavy atom. The summed E-state index contributed by atoms with van der Waals surface area (Å²) in [6.07, 6.45) is 0.629. The van der Waals surface area contributed by atoms with Crippen LogP contribution in [0, 0.1) is 0 Å². The molecule has 0 unspecified atom stereocenters. The molecule has 0 spiro atoms. The van der Waals surface area contributed by atoms with E-state index in [1.165, 1.54) is 23.1 Å². The van der Waals surface area contributed by atoms with Crippen molar-refractivity contribution in [2.75, 3.05) is 5.32 Å². The molecule has 1 N–H and O–H groups in total. The molecule has 32 heavy (non-hydrogen) atoms. The third-order valence-electron chi connectivity index (χ3n) is 5.20. The first kappa shape index (κ1) is 20.6. The molecule has 1 atom stereocenters. The zero-order valence-corrected chi connectivity index (χ0v) is 19.2. The zero-order valence-electron chi connectivity index (χ0n) is 17.5. The summed E-state index contributed by atoms with van der Waals surface area (Å²) in [7, 11) is 1.96. The Morgan fingerprint density at radius 1 is 1.09 bits per heavy atom. The van der Waals surface area contributed by atoms with E-state index in [0.29, 0.717) is 16.7 Å². The van der Waals surface area contributed by atoms with E-state index in [0.717, 1.165) is 33.3 Å². The van der Waals surface area contributed by atoms with E-state index in [4.69, 9.17) is 4.98 Å². The minimum absolute atomic E-state index is 0.118. The van der Waals surface area contributed by atoms with Gasteiger partial charge in [0.15, 0.2) is 10.8 Å². The van der Waals surface area contributed by atoms with Crippen LogP contribution < -0.4 is 5.32 Å². The molecule has 7 nitrogen and oxygen atoms in total. The van der Waals surface area contributed by atoms with E-state index in [1.54, 1.807) is 0 Å². The van der Waals surface area contributed by atoms with Crippen LogP contribution in [0.1, 0.15) is 13.3 Å². The Balaban J connectivity index is 1.34. The Hall–Kier alpha value is -3.30. The van der Waals surface area contributed by atoms with Crippen LogP contribution in [-0.4, -0.2) is 35.9 Å². The number of aryl methyl sites for hydroxylation is 1. The number of thiazole rings is 1. The van der Waals surface area contributed by atoms with Gasteiger partial charge in [-0.3, -0.25) is 4.79 Å². The van der Waals surface area contributed by atoms with Crippen molar-refractivity contribution in [3.63, 3.8) is 0 Å². The van der Waals surface area contributed by atoms with Gasteiger partial charge in [-0.2, -0.15) is 0 Å². The lowest BCUT2D eigenvalue weighted by atomic mass is 10.2. The number of rotatable bonds is 6. The van der Waals surface area contributed by atoms with Crippen molar-refractivity contribution in [2.45, 2.75) is 23.8 Å². The van der Waals surface area contributed by atoms with Crippen LogP contribution in [0.25, 0.3) is 33.3 Å². The monoisotopic (exact) mass is 460 g/mol. The zero-order chi connectivity index (χ0) is 22.1. The molecule has 0 aliphatic rings. The van der Waals surface area contributed by atoms with Gasteiger partial charge in [0.25, 0.3) is 0 Å². The van der Waals surface area contributed by atoms with Gasteiger partial charge in [-0.1, -0.05) is 67.2 Å². The van der Waals surface area contributed by atoms with E-state index >= 15 is 0 Å². The highest BCUT2D eigenvalue weighted by Crippen LogP contribution is 2.29. The fourth-order valence-electron chi connectivity index (χ4n) is 3.55. The third kappa shape index (κ3) is 3.85. The summed E-state index contributed by atoms with van der Waals surface area (Å²) in [4.78, 5) is 22.2. The molecule has 0 radical (unpaired) electrons. The molecule has 3 aromatic heterocycles. The van der Waals surface area contributed by atoms with Gasteiger partial charge >= 0.3 is 0 Å². The molecule has 1 amide bonds. The van der Waals surface area contributed by atoms with Crippen molar-refractivity contribution >= 4 is 56.2 Å². The quantitative estimate of drug-likeness (QED) is 0.353. The van der Waals surface area contributed by atoms with Gasteiger partial charge in [0.1, 0.15) is 5.52 Å². The summed E-state index contributed by atoms with van der Waals surface area (Å²) in [6.45, 7) is 1.97. The van der Waals surface area contributed by atoms with Crippen LogP contribution in [0.4, 0.5) is 5.13 Å². The first-order valence-electron chi connectivity index (χ1n) is 10.2. The van der Waals surface area contributed by atoms with Gasteiger partial charge in [0.2, 0.25) is 11.1 Å². The number of thioether (sulfide) groups is 1. The van der Waals surface area contributed by atoms with Crippen molar-refractivity contribution in [3.8, 4) is 11.3 Å². The van der Waals surface area contributed by atoms with Crippen molar-refractivity contribution < 1.29 is 4.79 Å². The second kappa shape index (κ2) is 8.68. The lowest BCUT2D eigenvalue weighted by Crippen LogP contribution is -2.24. The average Bonchev–Trinajstić information content (AvgIpc) is 3.41. The van der Waals surface area contributed by atoms with Crippen LogP contribution in [0.5, 0.6) is 0 Å². The number of aromatic nitrogens is 5. The number of anilines is 1. The number of nitrogens with zero attached hydrogens (tertiary/aromatic N) is 5. The number of amides is 1. The minimum atomic E-state index is -0.354. The fourth-order valence-corrected chi connectivity index (χ4v) is 5.09. The van der Waals surface area contributed by atoms with Gasteiger partial charge in [0.05, 0.1) is 16.5 Å². The van der Waals surface area contributed by atoms with E-state index in [1.807, 2.05) is 78.5 Å². The van der Waals surface area contributed by atoms with Crippen molar-refractivity contribution in [3.05, 3.63) is 60.0 Å². The number of hydrogen-bond acceptors (Lipinski definition) is 7. The molecule has 5 aromatic rings. The highest BCUT2D eigenvalue weighted by molar-refractivity contribution is 8.00. The number of carbonyl (C=O) groups excluding carboxylic acids is 1. The standard InChI is InChI=1S/C23H20N6OS2/c1-3-18(21(30)26-22-24-16(13-31-22)14-9-5-4-6-10-14)32-23-25-20-19(27-28-23)15-11-7-8-12-17(15)29(20)2/h4-13,18H,3H2,1-2H3,(H,24,26,30)/t18-/m1/s1. The van der Waals surface area contributed by atoms with Gasteiger partial charge in [0, 0.05) is 23.4 Å². The number of benzene rings is 2. The second-order valence-corrected chi connectivity index (χ2v) is 9.28. The van der Waals surface area contributed by atoms with Crippen molar-refractivity contribution in [1.82, 2.24) is 24.7 Å². The molecule has 0 saturated heterocycles. The van der Waals surface area contributed by atoms with Gasteiger partial charge < -0.3 is 9.88 Å². The van der Waals surface area contributed by atoms with E-state index in [2.05, 4.69) is 20.5 Å². The SMILES string of the molecule is CC[C@@H](Sc1nnc2c3ccccc3n(C)c2n1)C(=O)Nc1nc(-c2ccccc2)cs1. The van der Waals surface area contributed by atoms with E-state index in [-0.39, 0.29) is 11.2 Å². The lowest BCUT2D eigenvalue weighted by Gasteiger charge is -2.12. The summed E-state index contributed by atoms with van der Waals surface area (Å²) in [6, 6.07) is 17.9. The van der Waals surface area contributed by atoms with Crippen molar-refractivity contribution in [1.29, 1.82) is 0 Å². The molecule has 0 aliphatic heterocycles. The molecule has 5 rings (SSSR count). The third-order valence-corrected chi connectivity index (χ3v) is 7.18. The topological polar surface area (TPSA) is 85.6 Å². The van der Waals surface area contributed by atoms with Crippen molar-refractivity contribution in [2.24, 2.45) is 7.05 Å². The molecule has 3 heterocycles. The molecular formula is C23H20N6OS2. The smallest absolute Gasteiger partial charge is 0.239 e. The molecule has 0 aliphatic carbocycles. The molecular weight excluding hydrogens is 440 g/mol. The maximum atomic E-state index is 12.9. The van der Waals surface area contributed by atoms with Crippen LogP contribution >= 0.6 is 23.1 Å². The second-order valence-electron chi connectivity index (χ2n) is 7.25. The summed E-state index contributed by atoms with van der Waals surface area (Å²) in [5, 5.41) is 15.3. The van der Waals surface area contributed by atoms with Crippen LogP contribution in [-0.2, 0) is 11.8 Å². The fraction of sp³-hybridized carbons (Fsp3) is 0.174. The summed E-state index contributed by atoms with van der Waals surface area (Å²) >= 11 is 2.73. The predicted molar refractivity (Wildman–Crippen MR) is 130 cm³/mol. The van der Waals surface area contributed by atoms with Gasteiger partial charge in [-0.15, -0.1) is 21.5 Å². The predicted octanol–water partition coefficient (Wildman–Crippen LogP) is 5.15. The van der Waals surface area contributed by atoms with E-state index in [9.17, 15) is 4.79 Å². The molecule has 0 bridgehead atoms. The normalized spacial score (nSPS) is 12.3. The van der Waals surface area contributed by atoms with Crippen LogP contribution in [0.2, 0.25) is 0 Å². The Morgan fingerprint density at radius 2 is 1.88 bits per heavy atom. The Kier molecular flexibility index (Phi) is 5.59. The number of nitrogens with one attached hydrogen (secondary N) is 1.